The molecule has 1 aliphatic carbocycles. The van der Waals surface area contributed by atoms with Crippen molar-refractivity contribution in [1.82, 2.24) is 4.90 Å². The topological polar surface area (TPSA) is 20.3 Å². The number of likely N-dealkylation sites (tertiary alicyclic amines) is 1. The zero-order valence-electron chi connectivity index (χ0n) is 9.22. The molecule has 2 rings (SSSR count). The molecule has 2 fully saturated rings. The lowest BCUT2D eigenvalue weighted by Gasteiger charge is -2.36. The highest BCUT2D eigenvalue weighted by Crippen LogP contribution is 2.36. The molecule has 0 aromatic heterocycles. The molecular formula is C12H21NO. The van der Waals surface area contributed by atoms with E-state index in [2.05, 4.69) is 11.8 Å². The van der Waals surface area contributed by atoms with Gasteiger partial charge in [0.25, 0.3) is 0 Å². The minimum Gasteiger partial charge on any atom is -0.298 e. The van der Waals surface area contributed by atoms with Crippen LogP contribution in [0.4, 0.5) is 0 Å². The van der Waals surface area contributed by atoms with Crippen LogP contribution in [0.25, 0.3) is 0 Å². The number of nitrogens with zero attached hydrogens (tertiary/aromatic N) is 1. The molecule has 1 saturated heterocycles. The van der Waals surface area contributed by atoms with Gasteiger partial charge < -0.3 is 0 Å². The molecule has 0 radical (unpaired) electrons. The molecule has 1 heterocycles. The predicted molar refractivity (Wildman–Crippen MR) is 57.3 cm³/mol. The molecule has 0 aromatic carbocycles. The van der Waals surface area contributed by atoms with E-state index < -0.39 is 0 Å². The number of hydrogen-bond donors (Lipinski definition) is 0. The summed E-state index contributed by atoms with van der Waals surface area (Å²) < 4.78 is 0. The summed E-state index contributed by atoms with van der Waals surface area (Å²) in [5.74, 6) is 0.435. The standard InChI is InChI=1S/C12H21NO/c1-12(6-3-2-4-7-12)10-13-8-5-11(14)9-13/h2-10H2,1H3. The fourth-order valence-electron chi connectivity index (χ4n) is 2.93. The number of rotatable bonds is 2. The molecule has 2 aliphatic rings. The zero-order valence-corrected chi connectivity index (χ0v) is 9.22. The molecule has 0 amide bonds. The fraction of sp³-hybridized carbons (Fsp3) is 0.917. The molecule has 1 saturated carbocycles. The Bertz CT molecular complexity index is 218. The second-order valence-electron chi connectivity index (χ2n) is 5.37. The van der Waals surface area contributed by atoms with Crippen molar-refractivity contribution in [2.45, 2.75) is 45.4 Å². The normalized spacial score (nSPS) is 28.2. The third-order valence-corrected chi connectivity index (χ3v) is 3.77. The highest BCUT2D eigenvalue weighted by molar-refractivity contribution is 5.82. The number of carbonyl (C=O) groups excluding carboxylic acids is 1. The summed E-state index contributed by atoms with van der Waals surface area (Å²) in [4.78, 5) is 13.5. The summed E-state index contributed by atoms with van der Waals surface area (Å²) in [6, 6.07) is 0. The van der Waals surface area contributed by atoms with E-state index in [9.17, 15) is 4.79 Å². The van der Waals surface area contributed by atoms with E-state index in [4.69, 9.17) is 0 Å². The van der Waals surface area contributed by atoms with Crippen LogP contribution in [-0.4, -0.2) is 30.3 Å². The van der Waals surface area contributed by atoms with Crippen LogP contribution in [0, 0.1) is 5.41 Å². The zero-order chi connectivity index (χ0) is 10.0. The second-order valence-corrected chi connectivity index (χ2v) is 5.37. The lowest BCUT2D eigenvalue weighted by Crippen LogP contribution is -2.36. The number of ketones is 1. The Kier molecular flexibility index (Phi) is 2.91. The van der Waals surface area contributed by atoms with Crippen molar-refractivity contribution in [2.24, 2.45) is 5.41 Å². The monoisotopic (exact) mass is 195 g/mol. The maximum absolute atomic E-state index is 11.2. The van der Waals surface area contributed by atoms with Crippen LogP contribution >= 0.6 is 0 Å². The van der Waals surface area contributed by atoms with Crippen molar-refractivity contribution >= 4 is 5.78 Å². The van der Waals surface area contributed by atoms with Gasteiger partial charge in [-0.15, -0.1) is 0 Å². The van der Waals surface area contributed by atoms with Crippen LogP contribution in [0.2, 0.25) is 0 Å². The molecular weight excluding hydrogens is 174 g/mol. The van der Waals surface area contributed by atoms with E-state index in [0.29, 0.717) is 11.2 Å². The summed E-state index contributed by atoms with van der Waals surface area (Å²) in [5, 5.41) is 0. The Morgan fingerprint density at radius 1 is 1.29 bits per heavy atom. The molecule has 1 aliphatic heterocycles. The largest absolute Gasteiger partial charge is 0.298 e. The van der Waals surface area contributed by atoms with E-state index in [0.717, 1.165) is 26.1 Å². The van der Waals surface area contributed by atoms with E-state index in [1.54, 1.807) is 0 Å². The van der Waals surface area contributed by atoms with Crippen LogP contribution in [0.15, 0.2) is 0 Å². The van der Waals surface area contributed by atoms with Crippen LogP contribution in [0.1, 0.15) is 45.4 Å². The van der Waals surface area contributed by atoms with Gasteiger partial charge in [-0.1, -0.05) is 26.2 Å². The summed E-state index contributed by atoms with van der Waals surface area (Å²) >= 11 is 0. The highest BCUT2D eigenvalue weighted by atomic mass is 16.1. The molecule has 0 aromatic rings. The van der Waals surface area contributed by atoms with Crippen LogP contribution in [0.5, 0.6) is 0 Å². The van der Waals surface area contributed by atoms with Gasteiger partial charge in [0.05, 0.1) is 6.54 Å². The van der Waals surface area contributed by atoms with Crippen LogP contribution < -0.4 is 0 Å². The quantitative estimate of drug-likeness (QED) is 0.673. The van der Waals surface area contributed by atoms with Crippen molar-refractivity contribution in [3.05, 3.63) is 0 Å². The van der Waals surface area contributed by atoms with Gasteiger partial charge in [-0.25, -0.2) is 0 Å². The molecule has 0 unspecified atom stereocenters. The van der Waals surface area contributed by atoms with Gasteiger partial charge in [-0.2, -0.15) is 0 Å². The average molecular weight is 195 g/mol. The van der Waals surface area contributed by atoms with E-state index in [-0.39, 0.29) is 0 Å². The van der Waals surface area contributed by atoms with Gasteiger partial charge in [0, 0.05) is 19.5 Å². The van der Waals surface area contributed by atoms with Gasteiger partial charge in [0.1, 0.15) is 5.78 Å². The first kappa shape index (κ1) is 10.2. The molecule has 0 N–H and O–H groups in total. The Morgan fingerprint density at radius 2 is 2.00 bits per heavy atom. The first-order valence-electron chi connectivity index (χ1n) is 5.92. The van der Waals surface area contributed by atoms with Crippen molar-refractivity contribution in [1.29, 1.82) is 0 Å². The molecule has 0 atom stereocenters. The molecule has 0 bridgehead atoms. The SMILES string of the molecule is CC1(CN2CCC(=O)C2)CCCCC1. The third-order valence-electron chi connectivity index (χ3n) is 3.77. The Labute approximate surface area is 86.7 Å². The van der Waals surface area contributed by atoms with E-state index in [1.165, 1.54) is 32.1 Å². The Hall–Kier alpha value is -0.370. The maximum atomic E-state index is 11.2. The third kappa shape index (κ3) is 2.35. The molecule has 14 heavy (non-hydrogen) atoms. The smallest absolute Gasteiger partial charge is 0.148 e. The summed E-state index contributed by atoms with van der Waals surface area (Å²) in [6.07, 6.45) is 7.69. The van der Waals surface area contributed by atoms with Crippen LogP contribution in [0.3, 0.4) is 0 Å². The van der Waals surface area contributed by atoms with Gasteiger partial charge in [-0.05, 0) is 18.3 Å². The van der Waals surface area contributed by atoms with Crippen LogP contribution in [-0.2, 0) is 4.79 Å². The first-order valence-corrected chi connectivity index (χ1v) is 5.92. The maximum Gasteiger partial charge on any atom is 0.148 e. The molecule has 2 nitrogen and oxygen atoms in total. The van der Waals surface area contributed by atoms with Gasteiger partial charge in [0.2, 0.25) is 0 Å². The summed E-state index contributed by atoms with van der Waals surface area (Å²) in [5.41, 5.74) is 0.503. The molecule has 2 heteroatoms. The van der Waals surface area contributed by atoms with E-state index in [1.807, 2.05) is 0 Å². The predicted octanol–water partition coefficient (Wildman–Crippen LogP) is 2.23. The van der Waals surface area contributed by atoms with Crippen molar-refractivity contribution in [2.75, 3.05) is 19.6 Å². The fourth-order valence-corrected chi connectivity index (χ4v) is 2.93. The minimum absolute atomic E-state index is 0.435. The average Bonchev–Trinajstić information content (AvgIpc) is 2.51. The second kappa shape index (κ2) is 4.01. The van der Waals surface area contributed by atoms with E-state index >= 15 is 0 Å². The number of hydrogen-bond acceptors (Lipinski definition) is 2. The van der Waals surface area contributed by atoms with Gasteiger partial charge in [-0.3, -0.25) is 9.69 Å². The molecule has 80 valence electrons. The lowest BCUT2D eigenvalue weighted by molar-refractivity contribution is -0.117. The van der Waals surface area contributed by atoms with Gasteiger partial charge in [0.15, 0.2) is 0 Å². The number of carbonyl (C=O) groups is 1. The Morgan fingerprint density at radius 3 is 2.57 bits per heavy atom. The number of Topliss-reactive ketones (excluding diaryl/α,β-unsaturated/α-hetero) is 1. The first-order chi connectivity index (χ1) is 6.68. The van der Waals surface area contributed by atoms with Crippen molar-refractivity contribution < 1.29 is 4.79 Å². The van der Waals surface area contributed by atoms with Gasteiger partial charge >= 0.3 is 0 Å². The Balaban J connectivity index is 1.86. The summed E-state index contributed by atoms with van der Waals surface area (Å²) in [7, 11) is 0. The molecule has 0 spiro atoms. The van der Waals surface area contributed by atoms with Crippen molar-refractivity contribution in [3.8, 4) is 0 Å². The summed E-state index contributed by atoms with van der Waals surface area (Å²) in [6.45, 7) is 5.28. The lowest BCUT2D eigenvalue weighted by atomic mass is 9.75. The highest BCUT2D eigenvalue weighted by Gasteiger charge is 2.31. The van der Waals surface area contributed by atoms with Crippen molar-refractivity contribution in [3.63, 3.8) is 0 Å². The minimum atomic E-state index is 0.435.